The van der Waals surface area contributed by atoms with E-state index in [2.05, 4.69) is 10.1 Å². The van der Waals surface area contributed by atoms with Gasteiger partial charge < -0.3 is 14.5 Å². The van der Waals surface area contributed by atoms with E-state index in [1.165, 1.54) is 7.11 Å². The number of nitrogens with one attached hydrogen (secondary N) is 1. The molecule has 0 aliphatic carbocycles. The van der Waals surface area contributed by atoms with Crippen LogP contribution in [0.1, 0.15) is 31.4 Å². The summed E-state index contributed by atoms with van der Waals surface area (Å²) in [6.45, 7) is 6.26. The van der Waals surface area contributed by atoms with Gasteiger partial charge in [0.2, 0.25) is 0 Å². The van der Waals surface area contributed by atoms with Gasteiger partial charge in [-0.05, 0) is 32.9 Å². The molecule has 0 aromatic carbocycles. The Bertz CT molecular complexity index is 407. The molecule has 1 rings (SSSR count). The van der Waals surface area contributed by atoms with Crippen molar-refractivity contribution in [3.05, 3.63) is 35.3 Å². The highest BCUT2D eigenvalue weighted by atomic mass is 16.5. The molecule has 4 nitrogen and oxygen atoms in total. The van der Waals surface area contributed by atoms with E-state index in [4.69, 9.17) is 4.42 Å². The van der Waals surface area contributed by atoms with E-state index in [9.17, 15) is 4.79 Å². The first-order valence-corrected chi connectivity index (χ1v) is 5.59. The van der Waals surface area contributed by atoms with Crippen LogP contribution in [0.25, 0.3) is 0 Å². The van der Waals surface area contributed by atoms with Gasteiger partial charge in [-0.1, -0.05) is 6.08 Å². The van der Waals surface area contributed by atoms with Crippen LogP contribution in [0.2, 0.25) is 0 Å². The van der Waals surface area contributed by atoms with Crippen LogP contribution in [0.3, 0.4) is 0 Å². The Morgan fingerprint density at radius 1 is 1.59 bits per heavy atom. The van der Waals surface area contributed by atoms with Crippen molar-refractivity contribution in [2.75, 3.05) is 13.7 Å². The molecule has 0 spiro atoms. The Hall–Kier alpha value is -1.55. The molecule has 4 heteroatoms. The fourth-order valence-corrected chi connectivity index (χ4v) is 1.42. The maximum atomic E-state index is 11.1. The van der Waals surface area contributed by atoms with Gasteiger partial charge in [0.05, 0.1) is 13.2 Å². The molecule has 1 heterocycles. The second kappa shape index (κ2) is 6.25. The summed E-state index contributed by atoms with van der Waals surface area (Å²) in [7, 11) is 1.38. The Balaban J connectivity index is 2.44. The molecular formula is C13H19NO3. The molecule has 0 saturated carbocycles. The first kappa shape index (κ1) is 13.5. The number of hydrogen-bond acceptors (Lipinski definition) is 4. The minimum Gasteiger partial charge on any atom is -0.466 e. The lowest BCUT2D eigenvalue weighted by Crippen LogP contribution is -2.19. The lowest BCUT2D eigenvalue weighted by Gasteiger charge is -2.09. The second-order valence-corrected chi connectivity index (χ2v) is 3.96. The minimum atomic E-state index is -0.298. The zero-order valence-corrected chi connectivity index (χ0v) is 10.7. The van der Waals surface area contributed by atoms with Crippen molar-refractivity contribution in [1.29, 1.82) is 0 Å². The van der Waals surface area contributed by atoms with Crippen molar-refractivity contribution in [2.24, 2.45) is 0 Å². The largest absolute Gasteiger partial charge is 0.466 e. The SMILES string of the molecule is COC(=O)/C(C)=C/CNC(C)c1ccc(C)o1. The third kappa shape index (κ3) is 4.07. The topological polar surface area (TPSA) is 51.5 Å². The molecular weight excluding hydrogens is 218 g/mol. The Labute approximate surface area is 102 Å². The summed E-state index contributed by atoms with van der Waals surface area (Å²) >= 11 is 0. The zero-order chi connectivity index (χ0) is 12.8. The molecule has 1 atom stereocenters. The number of aryl methyl sites for hydroxylation is 1. The molecule has 0 fully saturated rings. The summed E-state index contributed by atoms with van der Waals surface area (Å²) in [4.78, 5) is 11.1. The number of carbonyl (C=O) groups is 1. The predicted molar refractivity (Wildman–Crippen MR) is 65.6 cm³/mol. The summed E-state index contributed by atoms with van der Waals surface area (Å²) in [6.07, 6.45) is 1.80. The lowest BCUT2D eigenvalue weighted by atomic mass is 10.2. The summed E-state index contributed by atoms with van der Waals surface area (Å²) in [5.74, 6) is 1.50. The van der Waals surface area contributed by atoms with Crippen LogP contribution < -0.4 is 5.32 Å². The van der Waals surface area contributed by atoms with E-state index < -0.39 is 0 Å². The third-order valence-electron chi connectivity index (χ3n) is 2.53. The van der Waals surface area contributed by atoms with Gasteiger partial charge >= 0.3 is 5.97 Å². The molecule has 0 saturated heterocycles. The first-order chi connectivity index (χ1) is 8.04. The molecule has 0 bridgehead atoms. The van der Waals surface area contributed by atoms with Gasteiger partial charge in [-0.15, -0.1) is 0 Å². The van der Waals surface area contributed by atoms with E-state index in [1.54, 1.807) is 13.0 Å². The van der Waals surface area contributed by atoms with E-state index in [-0.39, 0.29) is 12.0 Å². The highest BCUT2D eigenvalue weighted by molar-refractivity contribution is 5.87. The van der Waals surface area contributed by atoms with Crippen LogP contribution in [0.4, 0.5) is 0 Å². The summed E-state index contributed by atoms with van der Waals surface area (Å²) in [5, 5.41) is 3.24. The molecule has 94 valence electrons. The van der Waals surface area contributed by atoms with Gasteiger partial charge in [0.25, 0.3) is 0 Å². The molecule has 0 aliphatic heterocycles. The summed E-state index contributed by atoms with van der Waals surface area (Å²) in [6, 6.07) is 4.00. The quantitative estimate of drug-likeness (QED) is 0.631. The number of furan rings is 1. The molecule has 1 N–H and O–H groups in total. The molecule has 1 aromatic heterocycles. The Kier molecular flexibility index (Phi) is 4.97. The number of hydrogen-bond donors (Lipinski definition) is 1. The summed E-state index contributed by atoms with van der Waals surface area (Å²) in [5.41, 5.74) is 0.600. The second-order valence-electron chi connectivity index (χ2n) is 3.96. The van der Waals surface area contributed by atoms with Crippen LogP contribution in [0.15, 0.2) is 28.2 Å². The van der Waals surface area contributed by atoms with Crippen molar-refractivity contribution in [2.45, 2.75) is 26.8 Å². The van der Waals surface area contributed by atoms with E-state index in [0.29, 0.717) is 12.1 Å². The molecule has 0 radical (unpaired) electrons. The number of carbonyl (C=O) groups excluding carboxylic acids is 1. The van der Waals surface area contributed by atoms with Gasteiger partial charge in [0, 0.05) is 12.1 Å². The van der Waals surface area contributed by atoms with Gasteiger partial charge in [-0.3, -0.25) is 0 Å². The first-order valence-electron chi connectivity index (χ1n) is 5.59. The fraction of sp³-hybridized carbons (Fsp3) is 0.462. The highest BCUT2D eigenvalue weighted by Gasteiger charge is 2.08. The van der Waals surface area contributed by atoms with Crippen molar-refractivity contribution in [1.82, 2.24) is 5.32 Å². The predicted octanol–water partition coefficient (Wildman–Crippen LogP) is 2.36. The minimum absolute atomic E-state index is 0.116. The van der Waals surface area contributed by atoms with Crippen LogP contribution in [0, 0.1) is 6.92 Å². The van der Waals surface area contributed by atoms with Crippen LogP contribution >= 0.6 is 0 Å². The van der Waals surface area contributed by atoms with Gasteiger partial charge in [0.1, 0.15) is 11.5 Å². The number of rotatable bonds is 5. The van der Waals surface area contributed by atoms with Gasteiger partial charge in [-0.25, -0.2) is 4.79 Å². The van der Waals surface area contributed by atoms with E-state index in [1.807, 2.05) is 26.0 Å². The highest BCUT2D eigenvalue weighted by Crippen LogP contribution is 2.15. The molecule has 1 aromatic rings. The van der Waals surface area contributed by atoms with E-state index >= 15 is 0 Å². The van der Waals surface area contributed by atoms with Gasteiger partial charge in [-0.2, -0.15) is 0 Å². The standard InChI is InChI=1S/C13H19NO3/c1-9(13(15)16-4)7-8-14-11(3)12-6-5-10(2)17-12/h5-7,11,14H,8H2,1-4H3/b9-7+. The monoisotopic (exact) mass is 237 g/mol. The molecule has 1 unspecified atom stereocenters. The molecule has 0 amide bonds. The Morgan fingerprint density at radius 3 is 2.82 bits per heavy atom. The fourth-order valence-electron chi connectivity index (χ4n) is 1.42. The Morgan fingerprint density at radius 2 is 2.29 bits per heavy atom. The smallest absolute Gasteiger partial charge is 0.333 e. The average Bonchev–Trinajstić information content (AvgIpc) is 2.74. The maximum Gasteiger partial charge on any atom is 0.333 e. The van der Waals surface area contributed by atoms with E-state index in [0.717, 1.165) is 11.5 Å². The average molecular weight is 237 g/mol. The number of esters is 1. The molecule has 17 heavy (non-hydrogen) atoms. The number of ether oxygens (including phenoxy) is 1. The summed E-state index contributed by atoms with van der Waals surface area (Å²) < 4.78 is 10.1. The maximum absolute atomic E-state index is 11.1. The van der Waals surface area contributed by atoms with Crippen LogP contribution in [-0.4, -0.2) is 19.6 Å². The van der Waals surface area contributed by atoms with Crippen molar-refractivity contribution < 1.29 is 13.9 Å². The van der Waals surface area contributed by atoms with Crippen molar-refractivity contribution >= 4 is 5.97 Å². The van der Waals surface area contributed by atoms with Crippen molar-refractivity contribution in [3.63, 3.8) is 0 Å². The third-order valence-corrected chi connectivity index (χ3v) is 2.53. The molecule has 0 aliphatic rings. The zero-order valence-electron chi connectivity index (χ0n) is 10.7. The van der Waals surface area contributed by atoms with Crippen molar-refractivity contribution in [3.8, 4) is 0 Å². The normalized spacial score (nSPS) is 13.5. The van der Waals surface area contributed by atoms with Crippen LogP contribution in [-0.2, 0) is 9.53 Å². The number of methoxy groups -OCH3 is 1. The van der Waals surface area contributed by atoms with Crippen LogP contribution in [0.5, 0.6) is 0 Å². The van der Waals surface area contributed by atoms with Gasteiger partial charge in [0.15, 0.2) is 0 Å². The lowest BCUT2D eigenvalue weighted by molar-refractivity contribution is -0.136.